The van der Waals surface area contributed by atoms with E-state index in [-0.39, 0.29) is 0 Å². The summed E-state index contributed by atoms with van der Waals surface area (Å²) in [5.41, 5.74) is 0. The molecule has 0 rings (SSSR count). The van der Waals surface area contributed by atoms with Crippen molar-refractivity contribution in [1.82, 2.24) is 0 Å². The van der Waals surface area contributed by atoms with Crippen LogP contribution in [-0.2, 0) is 9.53 Å². The molecule has 0 aliphatic rings. The van der Waals surface area contributed by atoms with Crippen molar-refractivity contribution in [1.29, 1.82) is 0 Å². The average molecular weight is 286 g/mol. The largest absolute Gasteiger partial charge is 0.464 e. The summed E-state index contributed by atoms with van der Waals surface area (Å²) in [5, 5.41) is 8.94. The van der Waals surface area contributed by atoms with Crippen LogP contribution in [0.3, 0.4) is 0 Å². The Kier molecular flexibility index (Phi) is 14.4. The lowest BCUT2D eigenvalue weighted by atomic mass is 10.1. The molecule has 120 valence electrons. The van der Waals surface area contributed by atoms with Crippen LogP contribution < -0.4 is 0 Å². The molecule has 0 saturated carbocycles. The van der Waals surface area contributed by atoms with E-state index in [1.807, 2.05) is 0 Å². The van der Waals surface area contributed by atoms with Gasteiger partial charge in [0, 0.05) is 0 Å². The lowest BCUT2D eigenvalue weighted by Gasteiger charge is -2.06. The first-order chi connectivity index (χ1) is 9.68. The fraction of sp³-hybridized carbons (Fsp3) is 0.941. The predicted molar refractivity (Wildman–Crippen MR) is 83.7 cm³/mol. The smallest absolute Gasteiger partial charge is 0.334 e. The molecule has 0 amide bonds. The number of ether oxygens (including phenoxy) is 1. The monoisotopic (exact) mass is 286 g/mol. The fourth-order valence-electron chi connectivity index (χ4n) is 2.24. The number of rotatable bonds is 14. The quantitative estimate of drug-likeness (QED) is 0.374. The zero-order valence-electron chi connectivity index (χ0n) is 13.5. The molecule has 0 aromatic carbocycles. The van der Waals surface area contributed by atoms with Gasteiger partial charge in [-0.3, -0.25) is 0 Å². The molecule has 1 atom stereocenters. The molecule has 3 nitrogen and oxygen atoms in total. The standard InChI is InChI=1S/C17H34O3/c1-3-4-5-6-7-8-9-10-11-12-13-14-15-20-17(19)16(2)18/h16,18H,3-15H2,1-2H3. The highest BCUT2D eigenvalue weighted by Crippen LogP contribution is 2.11. The number of esters is 1. The van der Waals surface area contributed by atoms with E-state index in [4.69, 9.17) is 9.84 Å². The highest BCUT2D eigenvalue weighted by molar-refractivity contribution is 5.73. The number of carbonyl (C=O) groups is 1. The minimum Gasteiger partial charge on any atom is -0.464 e. The zero-order valence-corrected chi connectivity index (χ0v) is 13.5. The van der Waals surface area contributed by atoms with Gasteiger partial charge in [0.15, 0.2) is 0 Å². The van der Waals surface area contributed by atoms with Gasteiger partial charge in [-0.1, -0.05) is 77.6 Å². The molecule has 1 N–H and O–H groups in total. The van der Waals surface area contributed by atoms with E-state index in [2.05, 4.69) is 6.92 Å². The average Bonchev–Trinajstić information content (AvgIpc) is 2.43. The van der Waals surface area contributed by atoms with E-state index in [9.17, 15) is 4.79 Å². The number of hydrogen-bond acceptors (Lipinski definition) is 3. The molecule has 20 heavy (non-hydrogen) atoms. The lowest BCUT2D eigenvalue weighted by molar-refractivity contribution is -0.152. The third-order valence-corrected chi connectivity index (χ3v) is 3.58. The summed E-state index contributed by atoms with van der Waals surface area (Å²) >= 11 is 0. The Morgan fingerprint density at radius 2 is 1.25 bits per heavy atom. The summed E-state index contributed by atoms with van der Waals surface area (Å²) in [6.07, 6.45) is 14.6. The maximum Gasteiger partial charge on any atom is 0.334 e. The second kappa shape index (κ2) is 14.8. The number of aliphatic hydroxyl groups excluding tert-OH is 1. The molecule has 0 heterocycles. The topological polar surface area (TPSA) is 46.5 Å². The summed E-state index contributed by atoms with van der Waals surface area (Å²) in [6, 6.07) is 0. The predicted octanol–water partition coefficient (Wildman–Crippen LogP) is 4.61. The Morgan fingerprint density at radius 3 is 1.65 bits per heavy atom. The highest BCUT2D eigenvalue weighted by Gasteiger charge is 2.08. The van der Waals surface area contributed by atoms with Crippen LogP contribution in [0.2, 0.25) is 0 Å². The number of aliphatic hydroxyl groups is 1. The SMILES string of the molecule is CCCCCCCCCCCCCCOC(=O)C(C)O. The molecule has 0 aromatic heterocycles. The van der Waals surface area contributed by atoms with Crippen LogP contribution in [0, 0.1) is 0 Å². The first-order valence-electron chi connectivity index (χ1n) is 8.53. The molecule has 1 unspecified atom stereocenters. The van der Waals surface area contributed by atoms with Crippen molar-refractivity contribution >= 4 is 5.97 Å². The summed E-state index contributed by atoms with van der Waals surface area (Å²) in [7, 11) is 0. The van der Waals surface area contributed by atoms with Crippen LogP contribution in [0.1, 0.15) is 90.9 Å². The zero-order chi connectivity index (χ0) is 15.1. The van der Waals surface area contributed by atoms with Crippen molar-refractivity contribution < 1.29 is 14.6 Å². The Hall–Kier alpha value is -0.570. The second-order valence-corrected chi connectivity index (χ2v) is 5.73. The van der Waals surface area contributed by atoms with Gasteiger partial charge in [-0.2, -0.15) is 0 Å². The minimum absolute atomic E-state index is 0.446. The maximum atomic E-state index is 11.0. The van der Waals surface area contributed by atoms with Gasteiger partial charge in [0.05, 0.1) is 6.61 Å². The van der Waals surface area contributed by atoms with Crippen molar-refractivity contribution in [3.63, 3.8) is 0 Å². The molecule has 3 heteroatoms. The number of unbranched alkanes of at least 4 members (excludes halogenated alkanes) is 11. The van der Waals surface area contributed by atoms with E-state index < -0.39 is 12.1 Å². The van der Waals surface area contributed by atoms with Gasteiger partial charge in [-0.15, -0.1) is 0 Å². The normalized spacial score (nSPS) is 12.3. The molecule has 0 aromatic rings. The number of carbonyl (C=O) groups excluding carboxylic acids is 1. The Balaban J connectivity index is 3.04. The van der Waals surface area contributed by atoms with E-state index in [0.29, 0.717) is 6.61 Å². The Morgan fingerprint density at radius 1 is 0.850 bits per heavy atom. The molecule has 0 radical (unpaired) electrons. The first kappa shape index (κ1) is 19.4. The summed E-state index contributed by atoms with van der Waals surface area (Å²) < 4.78 is 4.91. The summed E-state index contributed by atoms with van der Waals surface area (Å²) in [4.78, 5) is 11.0. The lowest BCUT2D eigenvalue weighted by Crippen LogP contribution is -2.19. The third-order valence-electron chi connectivity index (χ3n) is 3.58. The Labute approximate surface area is 125 Å². The maximum absolute atomic E-state index is 11.0. The van der Waals surface area contributed by atoms with E-state index in [1.54, 1.807) is 0 Å². The molecule has 0 aliphatic carbocycles. The molecule has 0 saturated heterocycles. The third kappa shape index (κ3) is 13.9. The van der Waals surface area contributed by atoms with Crippen molar-refractivity contribution in [2.24, 2.45) is 0 Å². The van der Waals surface area contributed by atoms with Gasteiger partial charge in [0.2, 0.25) is 0 Å². The van der Waals surface area contributed by atoms with Crippen molar-refractivity contribution in [2.45, 2.75) is 97.0 Å². The van der Waals surface area contributed by atoms with Gasteiger partial charge < -0.3 is 9.84 Å². The van der Waals surface area contributed by atoms with Crippen LogP contribution in [0.15, 0.2) is 0 Å². The van der Waals surface area contributed by atoms with Gasteiger partial charge >= 0.3 is 5.97 Å². The second-order valence-electron chi connectivity index (χ2n) is 5.73. The van der Waals surface area contributed by atoms with E-state index in [1.165, 1.54) is 71.1 Å². The molecular weight excluding hydrogens is 252 g/mol. The Bertz CT molecular complexity index is 214. The van der Waals surface area contributed by atoms with Gasteiger partial charge in [0.1, 0.15) is 6.10 Å². The van der Waals surface area contributed by atoms with Gasteiger partial charge in [-0.05, 0) is 13.3 Å². The highest BCUT2D eigenvalue weighted by atomic mass is 16.5. The molecule has 0 spiro atoms. The van der Waals surface area contributed by atoms with Crippen LogP contribution in [0.25, 0.3) is 0 Å². The molecule has 0 bridgehead atoms. The fourth-order valence-corrected chi connectivity index (χ4v) is 2.24. The van der Waals surface area contributed by atoms with Crippen LogP contribution >= 0.6 is 0 Å². The van der Waals surface area contributed by atoms with Crippen LogP contribution in [0.5, 0.6) is 0 Å². The first-order valence-corrected chi connectivity index (χ1v) is 8.53. The molecular formula is C17H34O3. The van der Waals surface area contributed by atoms with Crippen molar-refractivity contribution in [2.75, 3.05) is 6.61 Å². The molecule has 0 fully saturated rings. The summed E-state index contributed by atoms with van der Waals surface area (Å²) in [5.74, 6) is -0.506. The minimum atomic E-state index is -0.993. The van der Waals surface area contributed by atoms with Gasteiger partial charge in [0.25, 0.3) is 0 Å². The molecule has 0 aliphatic heterocycles. The van der Waals surface area contributed by atoms with Crippen LogP contribution in [0.4, 0.5) is 0 Å². The van der Waals surface area contributed by atoms with Crippen LogP contribution in [-0.4, -0.2) is 23.8 Å². The van der Waals surface area contributed by atoms with Gasteiger partial charge in [-0.25, -0.2) is 4.79 Å². The van der Waals surface area contributed by atoms with Crippen molar-refractivity contribution in [3.05, 3.63) is 0 Å². The van der Waals surface area contributed by atoms with E-state index in [0.717, 1.165) is 12.8 Å². The summed E-state index contributed by atoms with van der Waals surface area (Å²) in [6.45, 7) is 4.14. The van der Waals surface area contributed by atoms with Crippen molar-refractivity contribution in [3.8, 4) is 0 Å². The van der Waals surface area contributed by atoms with E-state index >= 15 is 0 Å². The number of hydrogen-bond donors (Lipinski definition) is 1.